The molecule has 0 aromatic carbocycles. The van der Waals surface area contributed by atoms with Gasteiger partial charge in [0.05, 0.1) is 20.8 Å². The maximum Gasteiger partial charge on any atom is 0.266 e. The topological polar surface area (TPSA) is 90.7 Å². The molecule has 10 heteroatoms. The molecule has 1 aliphatic heterocycles. The van der Waals surface area contributed by atoms with Crippen LogP contribution in [0.4, 0.5) is 0 Å². The molecule has 1 amide bonds. The van der Waals surface area contributed by atoms with Crippen LogP contribution in [0, 0.1) is 0 Å². The van der Waals surface area contributed by atoms with E-state index in [4.69, 9.17) is 16.6 Å². The third-order valence-corrected chi connectivity index (χ3v) is 4.79. The third-order valence-electron chi connectivity index (χ3n) is 2.31. The Hall–Kier alpha value is -0.680. The van der Waals surface area contributed by atoms with Gasteiger partial charge in [-0.15, -0.1) is 0 Å². The molecule has 1 aliphatic rings. The lowest BCUT2D eigenvalue weighted by Gasteiger charge is -2.15. The summed E-state index contributed by atoms with van der Waals surface area (Å²) in [6.45, 7) is -0.240. The molecule has 0 atom stereocenters. The summed E-state index contributed by atoms with van der Waals surface area (Å²) in [6, 6.07) is 3.34. The minimum atomic E-state index is -4.39. The van der Waals surface area contributed by atoms with E-state index in [1.807, 2.05) is 0 Å². The van der Waals surface area contributed by atoms with Gasteiger partial charge in [0.2, 0.25) is 0 Å². The van der Waals surface area contributed by atoms with E-state index in [1.165, 1.54) is 6.08 Å². The first-order valence-electron chi connectivity index (χ1n) is 5.20. The molecule has 0 spiro atoms. The Morgan fingerprint density at radius 2 is 2.20 bits per heavy atom. The Labute approximate surface area is 133 Å². The number of thioether (sulfide) groups is 1. The van der Waals surface area contributed by atoms with E-state index < -0.39 is 21.8 Å². The largest absolute Gasteiger partial charge is 0.748 e. The van der Waals surface area contributed by atoms with Gasteiger partial charge >= 0.3 is 0 Å². The van der Waals surface area contributed by atoms with Crippen molar-refractivity contribution in [3.8, 4) is 0 Å². The van der Waals surface area contributed by atoms with Crippen molar-refractivity contribution < 1.29 is 22.2 Å². The molecule has 108 valence electrons. The number of rotatable bonds is 4. The number of nitrogens with zero attached hydrogens (tertiary/aromatic N) is 1. The first-order valence-corrected chi connectivity index (χ1v) is 8.80. The van der Waals surface area contributed by atoms with Crippen molar-refractivity contribution in [3.63, 3.8) is 0 Å². The summed E-state index contributed by atoms with van der Waals surface area (Å²) in [7, 11) is -4.39. The quantitative estimate of drug-likeness (QED) is 0.435. The van der Waals surface area contributed by atoms with Gasteiger partial charge in [0.25, 0.3) is 5.91 Å². The molecule has 1 fully saturated rings. The molecule has 0 saturated carbocycles. The maximum atomic E-state index is 12.0. The summed E-state index contributed by atoms with van der Waals surface area (Å²) in [5.74, 6) is -0.635. The van der Waals surface area contributed by atoms with Gasteiger partial charge in [-0.05, 0) is 28.1 Å². The molecule has 6 nitrogen and oxygen atoms in total. The molecule has 20 heavy (non-hydrogen) atoms. The first-order chi connectivity index (χ1) is 9.26. The molecule has 0 radical (unpaired) electrons. The van der Waals surface area contributed by atoms with Crippen molar-refractivity contribution in [2.45, 2.75) is 0 Å². The highest BCUT2D eigenvalue weighted by molar-refractivity contribution is 9.10. The summed E-state index contributed by atoms with van der Waals surface area (Å²) in [5.41, 5.74) is 0. The average Bonchev–Trinajstić information content (AvgIpc) is 2.82. The minimum Gasteiger partial charge on any atom is -0.748 e. The molecule has 0 aliphatic carbocycles. The molecule has 1 saturated heterocycles. The number of hydrogen-bond donors (Lipinski definition) is 0. The highest BCUT2D eigenvalue weighted by Gasteiger charge is 2.32. The van der Waals surface area contributed by atoms with Crippen molar-refractivity contribution in [1.82, 2.24) is 4.90 Å². The van der Waals surface area contributed by atoms with Crippen LogP contribution < -0.4 is 0 Å². The lowest BCUT2D eigenvalue weighted by atomic mass is 10.3. The van der Waals surface area contributed by atoms with Crippen LogP contribution in [-0.4, -0.2) is 40.4 Å². The van der Waals surface area contributed by atoms with Gasteiger partial charge in [0.1, 0.15) is 10.1 Å². The van der Waals surface area contributed by atoms with Crippen LogP contribution in [0.15, 0.2) is 26.1 Å². The second-order valence-corrected chi connectivity index (χ2v) is 7.72. The number of carbonyl (C=O) groups is 1. The van der Waals surface area contributed by atoms with Crippen molar-refractivity contribution in [1.29, 1.82) is 0 Å². The molecule has 0 unspecified atom stereocenters. The second kappa shape index (κ2) is 5.98. The minimum absolute atomic E-state index is 0.218. The fraction of sp³-hybridized carbons (Fsp3) is 0.200. The molecule has 1 aromatic heterocycles. The van der Waals surface area contributed by atoms with Crippen LogP contribution in [0.1, 0.15) is 5.76 Å². The van der Waals surface area contributed by atoms with Crippen LogP contribution in [0.2, 0.25) is 0 Å². The van der Waals surface area contributed by atoms with E-state index in [0.717, 1.165) is 16.7 Å². The van der Waals surface area contributed by atoms with Crippen LogP contribution in [-0.2, 0) is 14.9 Å². The van der Waals surface area contributed by atoms with Crippen LogP contribution in [0.3, 0.4) is 0 Å². The molecule has 0 N–H and O–H groups in total. The van der Waals surface area contributed by atoms with Crippen molar-refractivity contribution in [2.75, 3.05) is 12.3 Å². The Morgan fingerprint density at radius 1 is 1.50 bits per heavy atom. The Balaban J connectivity index is 2.14. The number of halogens is 1. The molecule has 2 heterocycles. The van der Waals surface area contributed by atoms with E-state index in [2.05, 4.69) is 15.9 Å². The Morgan fingerprint density at radius 3 is 2.75 bits per heavy atom. The summed E-state index contributed by atoms with van der Waals surface area (Å²) in [6.07, 6.45) is 1.51. The lowest BCUT2D eigenvalue weighted by molar-refractivity contribution is -0.121. The average molecular weight is 397 g/mol. The molecule has 0 bridgehead atoms. The highest BCUT2D eigenvalue weighted by Crippen LogP contribution is 2.32. The van der Waals surface area contributed by atoms with E-state index in [-0.39, 0.29) is 10.9 Å². The standard InChI is InChI=1S/C10H8BrNO5S3/c11-8-2-1-6(17-8)5-7-9(13)12(10(18)19-7)3-4-20(14,15)16/h1-2,5H,3-4H2,(H,14,15,16)/p-1/b7-5+. The van der Waals surface area contributed by atoms with Gasteiger partial charge in [0, 0.05) is 12.6 Å². The van der Waals surface area contributed by atoms with E-state index in [1.54, 1.807) is 12.1 Å². The summed E-state index contributed by atoms with van der Waals surface area (Å²) >= 11 is 9.17. The predicted octanol–water partition coefficient (Wildman–Crippen LogP) is 1.79. The van der Waals surface area contributed by atoms with Gasteiger partial charge in [0.15, 0.2) is 4.67 Å². The van der Waals surface area contributed by atoms with E-state index >= 15 is 0 Å². The summed E-state index contributed by atoms with van der Waals surface area (Å²) in [4.78, 5) is 13.5. The zero-order chi connectivity index (χ0) is 14.9. The number of amides is 1. The van der Waals surface area contributed by atoms with Crippen LogP contribution in [0.25, 0.3) is 6.08 Å². The first kappa shape index (κ1) is 15.7. The SMILES string of the molecule is O=C1/C(=C\c2ccc(Br)o2)SC(=S)N1CCS(=O)(=O)[O-]. The van der Waals surface area contributed by atoms with Crippen LogP contribution in [0.5, 0.6) is 0 Å². The molecular formula is C10H7BrNO5S3-. The normalized spacial score (nSPS) is 18.3. The molecule has 2 rings (SSSR count). The predicted molar refractivity (Wildman–Crippen MR) is 80.9 cm³/mol. The van der Waals surface area contributed by atoms with Crippen molar-refractivity contribution in [2.24, 2.45) is 0 Å². The number of hydrogen-bond acceptors (Lipinski definition) is 7. The zero-order valence-electron chi connectivity index (χ0n) is 9.74. The van der Waals surface area contributed by atoms with Crippen molar-refractivity contribution in [3.05, 3.63) is 27.5 Å². The van der Waals surface area contributed by atoms with E-state index in [9.17, 15) is 17.8 Å². The lowest BCUT2D eigenvalue weighted by Crippen LogP contribution is -2.32. The highest BCUT2D eigenvalue weighted by atomic mass is 79.9. The van der Waals surface area contributed by atoms with E-state index in [0.29, 0.717) is 15.3 Å². The summed E-state index contributed by atoms with van der Waals surface area (Å²) < 4.78 is 37.8. The van der Waals surface area contributed by atoms with Crippen molar-refractivity contribution >= 4 is 66.3 Å². The van der Waals surface area contributed by atoms with Gasteiger partial charge < -0.3 is 8.97 Å². The number of furan rings is 1. The van der Waals surface area contributed by atoms with Gasteiger partial charge in [-0.2, -0.15) is 0 Å². The van der Waals surface area contributed by atoms with Gasteiger partial charge in [-0.3, -0.25) is 9.69 Å². The maximum absolute atomic E-state index is 12.0. The molecule has 1 aromatic rings. The second-order valence-electron chi connectivity index (χ2n) is 3.74. The number of thiocarbonyl (C=S) groups is 1. The van der Waals surface area contributed by atoms with Crippen LogP contribution >= 0.6 is 39.9 Å². The fourth-order valence-corrected chi connectivity index (χ4v) is 3.44. The Bertz CT molecular complexity index is 694. The van der Waals surface area contributed by atoms with Gasteiger partial charge in [-0.1, -0.05) is 24.0 Å². The zero-order valence-corrected chi connectivity index (χ0v) is 13.8. The summed E-state index contributed by atoms with van der Waals surface area (Å²) in [5, 5.41) is 0. The Kier molecular flexibility index (Phi) is 4.69. The van der Waals surface area contributed by atoms with Gasteiger partial charge in [-0.25, -0.2) is 8.42 Å². The smallest absolute Gasteiger partial charge is 0.266 e. The number of carbonyl (C=O) groups excluding carboxylic acids is 1. The third kappa shape index (κ3) is 3.92. The monoisotopic (exact) mass is 396 g/mol. The fourth-order valence-electron chi connectivity index (χ4n) is 1.43. The molecular weight excluding hydrogens is 390 g/mol.